The third-order valence-electron chi connectivity index (χ3n) is 3.87. The van der Waals surface area contributed by atoms with Gasteiger partial charge in [0.2, 0.25) is 6.79 Å². The maximum Gasteiger partial charge on any atom is 0.325 e. The molecule has 0 unspecified atom stereocenters. The van der Waals surface area contributed by atoms with Crippen LogP contribution in [0.25, 0.3) is 0 Å². The number of carbonyl (C=O) groups excluding carboxylic acids is 3. The first-order valence-corrected chi connectivity index (χ1v) is 8.18. The number of fused-ring (bicyclic) bond motifs is 1. The molecule has 1 aliphatic heterocycles. The summed E-state index contributed by atoms with van der Waals surface area (Å²) in [5.41, 5.74) is 0.317. The number of amides is 1. The second-order valence-electron chi connectivity index (χ2n) is 5.68. The zero-order chi connectivity index (χ0) is 20.1. The number of ether oxygens (including phenoxy) is 4. The van der Waals surface area contributed by atoms with Gasteiger partial charge in [0.05, 0.1) is 7.11 Å². The molecule has 146 valence electrons. The smallest absolute Gasteiger partial charge is 0.325 e. The zero-order valence-corrected chi connectivity index (χ0v) is 14.8. The Bertz CT molecular complexity index is 928. The SMILES string of the molecule is COc1ccc(C(=O)COC(=O)CNC(=O)c2ccc3c(c2)OCO3)cc1F. The quantitative estimate of drug-likeness (QED) is 0.568. The molecule has 2 aromatic carbocycles. The lowest BCUT2D eigenvalue weighted by Crippen LogP contribution is -2.31. The molecule has 0 saturated carbocycles. The van der Waals surface area contributed by atoms with Gasteiger partial charge in [0.15, 0.2) is 35.5 Å². The number of methoxy groups -OCH3 is 1. The number of hydrogen-bond donors (Lipinski definition) is 1. The lowest BCUT2D eigenvalue weighted by atomic mass is 10.1. The van der Waals surface area contributed by atoms with Gasteiger partial charge in [-0.1, -0.05) is 0 Å². The van der Waals surface area contributed by atoms with Crippen LogP contribution in [-0.2, 0) is 9.53 Å². The number of Topliss-reactive ketones (excluding diaryl/α,β-unsaturated/α-hetero) is 1. The molecule has 0 atom stereocenters. The molecule has 0 spiro atoms. The molecule has 1 amide bonds. The minimum atomic E-state index is -0.809. The van der Waals surface area contributed by atoms with E-state index in [1.807, 2.05) is 0 Å². The molecule has 3 rings (SSSR count). The fourth-order valence-corrected chi connectivity index (χ4v) is 2.41. The Kier molecular flexibility index (Phi) is 5.73. The van der Waals surface area contributed by atoms with Crippen LogP contribution in [0.1, 0.15) is 20.7 Å². The number of halogens is 1. The summed E-state index contributed by atoms with van der Waals surface area (Å²) in [7, 11) is 1.31. The molecule has 2 aromatic rings. The van der Waals surface area contributed by atoms with Gasteiger partial charge in [-0.3, -0.25) is 14.4 Å². The van der Waals surface area contributed by atoms with Gasteiger partial charge >= 0.3 is 5.97 Å². The fraction of sp³-hybridized carbons (Fsp3) is 0.211. The van der Waals surface area contributed by atoms with Gasteiger partial charge in [-0.2, -0.15) is 0 Å². The Labute approximate surface area is 159 Å². The standard InChI is InChI=1S/C19H16FNO7/c1-25-15-4-2-11(6-13(15)20)14(22)9-26-18(23)8-21-19(24)12-3-5-16-17(7-12)28-10-27-16/h2-7H,8-10H2,1H3,(H,21,24). The first-order valence-electron chi connectivity index (χ1n) is 8.18. The van der Waals surface area contributed by atoms with Crippen molar-refractivity contribution in [2.45, 2.75) is 0 Å². The van der Waals surface area contributed by atoms with E-state index in [0.29, 0.717) is 11.5 Å². The van der Waals surface area contributed by atoms with E-state index in [9.17, 15) is 18.8 Å². The van der Waals surface area contributed by atoms with Crippen LogP contribution < -0.4 is 19.5 Å². The maximum absolute atomic E-state index is 13.6. The number of esters is 1. The lowest BCUT2D eigenvalue weighted by Gasteiger charge is -2.08. The van der Waals surface area contributed by atoms with E-state index in [1.165, 1.54) is 31.4 Å². The molecule has 0 fully saturated rings. The van der Waals surface area contributed by atoms with Crippen molar-refractivity contribution in [3.8, 4) is 17.2 Å². The van der Waals surface area contributed by atoms with Crippen molar-refractivity contribution in [2.24, 2.45) is 0 Å². The van der Waals surface area contributed by atoms with Crippen LogP contribution in [0.2, 0.25) is 0 Å². The first kappa shape index (κ1) is 19.2. The van der Waals surface area contributed by atoms with Crippen LogP contribution in [0.3, 0.4) is 0 Å². The molecular weight excluding hydrogens is 373 g/mol. The predicted molar refractivity (Wildman–Crippen MR) is 93.1 cm³/mol. The summed E-state index contributed by atoms with van der Waals surface area (Å²) in [5, 5.41) is 2.38. The summed E-state index contributed by atoms with van der Waals surface area (Å²) in [6.07, 6.45) is 0. The summed E-state index contributed by atoms with van der Waals surface area (Å²) in [5.74, 6) is -1.64. The molecular formula is C19H16FNO7. The third kappa shape index (κ3) is 4.37. The molecule has 1 aliphatic rings. The third-order valence-corrected chi connectivity index (χ3v) is 3.87. The Morgan fingerprint density at radius 2 is 1.82 bits per heavy atom. The molecule has 28 heavy (non-hydrogen) atoms. The summed E-state index contributed by atoms with van der Waals surface area (Å²) in [6.45, 7) is -0.930. The van der Waals surface area contributed by atoms with E-state index in [-0.39, 0.29) is 23.7 Å². The Morgan fingerprint density at radius 3 is 2.57 bits per heavy atom. The van der Waals surface area contributed by atoms with Crippen LogP contribution in [0.15, 0.2) is 36.4 Å². The van der Waals surface area contributed by atoms with Crippen molar-refractivity contribution in [3.05, 3.63) is 53.3 Å². The van der Waals surface area contributed by atoms with Crippen molar-refractivity contribution >= 4 is 17.7 Å². The molecule has 0 saturated heterocycles. The first-order chi connectivity index (χ1) is 13.5. The van der Waals surface area contributed by atoms with E-state index in [2.05, 4.69) is 5.32 Å². The molecule has 9 heteroatoms. The van der Waals surface area contributed by atoms with Crippen LogP contribution >= 0.6 is 0 Å². The molecule has 0 aliphatic carbocycles. The molecule has 0 radical (unpaired) electrons. The highest BCUT2D eigenvalue weighted by atomic mass is 19.1. The fourth-order valence-electron chi connectivity index (χ4n) is 2.41. The highest BCUT2D eigenvalue weighted by Gasteiger charge is 2.17. The van der Waals surface area contributed by atoms with E-state index in [0.717, 1.165) is 6.07 Å². The van der Waals surface area contributed by atoms with Gasteiger partial charge in [-0.25, -0.2) is 4.39 Å². The van der Waals surface area contributed by atoms with E-state index in [4.69, 9.17) is 18.9 Å². The van der Waals surface area contributed by atoms with Gasteiger partial charge in [-0.15, -0.1) is 0 Å². The average molecular weight is 389 g/mol. The predicted octanol–water partition coefficient (Wildman–Crippen LogP) is 1.72. The minimum absolute atomic E-state index is 0.000209. The van der Waals surface area contributed by atoms with E-state index >= 15 is 0 Å². The van der Waals surface area contributed by atoms with Gasteiger partial charge in [-0.05, 0) is 36.4 Å². The molecule has 8 nitrogen and oxygen atoms in total. The number of carbonyl (C=O) groups is 3. The van der Waals surface area contributed by atoms with Gasteiger partial charge < -0.3 is 24.3 Å². The van der Waals surface area contributed by atoms with Crippen LogP contribution in [-0.4, -0.2) is 44.7 Å². The Balaban J connectivity index is 1.47. The van der Waals surface area contributed by atoms with Gasteiger partial charge in [0.25, 0.3) is 5.91 Å². The minimum Gasteiger partial charge on any atom is -0.494 e. The van der Waals surface area contributed by atoms with Crippen molar-refractivity contribution < 1.29 is 37.7 Å². The summed E-state index contributed by atoms with van der Waals surface area (Å²) in [4.78, 5) is 35.8. The number of nitrogens with one attached hydrogen (secondary N) is 1. The largest absolute Gasteiger partial charge is 0.494 e. The van der Waals surface area contributed by atoms with E-state index in [1.54, 1.807) is 6.07 Å². The second-order valence-corrected chi connectivity index (χ2v) is 5.68. The van der Waals surface area contributed by atoms with Crippen LogP contribution in [0.4, 0.5) is 4.39 Å². The van der Waals surface area contributed by atoms with Crippen LogP contribution in [0.5, 0.6) is 17.2 Å². The average Bonchev–Trinajstić information content (AvgIpc) is 3.17. The summed E-state index contributed by atoms with van der Waals surface area (Å²) >= 11 is 0. The lowest BCUT2D eigenvalue weighted by molar-refractivity contribution is -0.141. The van der Waals surface area contributed by atoms with Crippen LogP contribution in [0, 0.1) is 5.82 Å². The maximum atomic E-state index is 13.6. The highest BCUT2D eigenvalue weighted by Crippen LogP contribution is 2.32. The number of benzene rings is 2. The number of rotatable bonds is 7. The van der Waals surface area contributed by atoms with Crippen molar-refractivity contribution in [1.82, 2.24) is 5.32 Å². The number of hydrogen-bond acceptors (Lipinski definition) is 7. The Hall–Kier alpha value is -3.62. The highest BCUT2D eigenvalue weighted by molar-refractivity contribution is 5.99. The summed E-state index contributed by atoms with van der Waals surface area (Å²) in [6, 6.07) is 8.26. The molecule has 1 N–H and O–H groups in total. The van der Waals surface area contributed by atoms with Gasteiger partial charge in [0, 0.05) is 11.1 Å². The second kappa shape index (κ2) is 8.38. The van der Waals surface area contributed by atoms with Crippen molar-refractivity contribution in [3.63, 3.8) is 0 Å². The molecule has 1 heterocycles. The number of ketones is 1. The van der Waals surface area contributed by atoms with E-state index < -0.39 is 36.6 Å². The van der Waals surface area contributed by atoms with Crippen molar-refractivity contribution in [1.29, 1.82) is 0 Å². The molecule has 0 aromatic heterocycles. The summed E-state index contributed by atoms with van der Waals surface area (Å²) < 4.78 is 33.5. The molecule has 0 bridgehead atoms. The topological polar surface area (TPSA) is 100 Å². The zero-order valence-electron chi connectivity index (χ0n) is 14.8. The normalized spacial score (nSPS) is 11.6. The van der Waals surface area contributed by atoms with Gasteiger partial charge in [0.1, 0.15) is 6.54 Å². The van der Waals surface area contributed by atoms with Crippen molar-refractivity contribution in [2.75, 3.05) is 27.1 Å². The Morgan fingerprint density at radius 1 is 1.07 bits per heavy atom. The monoisotopic (exact) mass is 389 g/mol.